The van der Waals surface area contributed by atoms with Crippen LogP contribution in [0.3, 0.4) is 0 Å². The molecule has 2 amide bonds. The van der Waals surface area contributed by atoms with E-state index in [2.05, 4.69) is 26.2 Å². The molecule has 7 heteroatoms. The summed E-state index contributed by atoms with van der Waals surface area (Å²) in [4.78, 5) is 29.3. The van der Waals surface area contributed by atoms with E-state index in [9.17, 15) is 9.59 Å². The van der Waals surface area contributed by atoms with E-state index in [1.54, 1.807) is 25.3 Å². The van der Waals surface area contributed by atoms with Crippen molar-refractivity contribution in [2.24, 2.45) is 0 Å². The number of rotatable bonds is 5. The average Bonchev–Trinajstić information content (AvgIpc) is 2.43. The quantitative estimate of drug-likeness (QED) is 0.778. The number of nitrogens with zero attached hydrogens (tertiary/aromatic N) is 2. The number of hydrogen-bond donors (Lipinski definition) is 1. The normalized spacial score (nSPS) is 12.4. The van der Waals surface area contributed by atoms with Crippen molar-refractivity contribution in [3.8, 4) is 0 Å². The first-order valence-corrected chi connectivity index (χ1v) is 8.47. The predicted molar refractivity (Wildman–Crippen MR) is 95.1 cm³/mol. The number of pyridine rings is 1. The third kappa shape index (κ3) is 6.56. The Balaban J connectivity index is 2.88. The van der Waals surface area contributed by atoms with Crippen molar-refractivity contribution in [2.75, 3.05) is 16.8 Å². The predicted octanol–water partition coefficient (Wildman–Crippen LogP) is 3.96. The third-order valence-corrected chi connectivity index (χ3v) is 3.15. The van der Waals surface area contributed by atoms with Gasteiger partial charge in [0.25, 0.3) is 0 Å². The van der Waals surface area contributed by atoms with Crippen LogP contribution in [0.4, 0.5) is 16.3 Å². The molecule has 1 aromatic rings. The minimum atomic E-state index is -0.559. The molecule has 128 valence electrons. The maximum absolute atomic E-state index is 12.3. The lowest BCUT2D eigenvalue weighted by Gasteiger charge is -2.27. The first kappa shape index (κ1) is 19.4. The van der Waals surface area contributed by atoms with Crippen LogP contribution in [0.25, 0.3) is 0 Å². The minimum absolute atomic E-state index is 0.178. The molecular weight excluding hydrogens is 362 g/mol. The van der Waals surface area contributed by atoms with Gasteiger partial charge in [0, 0.05) is 6.54 Å². The molecule has 0 saturated carbocycles. The van der Waals surface area contributed by atoms with Crippen molar-refractivity contribution in [1.29, 1.82) is 0 Å². The van der Waals surface area contributed by atoms with E-state index in [4.69, 9.17) is 4.74 Å². The Kier molecular flexibility index (Phi) is 7.00. The van der Waals surface area contributed by atoms with Crippen LogP contribution in [0.2, 0.25) is 0 Å². The number of hydrogen-bond acceptors (Lipinski definition) is 4. The highest BCUT2D eigenvalue weighted by Crippen LogP contribution is 2.19. The van der Waals surface area contributed by atoms with Gasteiger partial charge in [0.05, 0.1) is 16.7 Å². The lowest BCUT2D eigenvalue weighted by atomic mass is 10.2. The van der Waals surface area contributed by atoms with Crippen LogP contribution in [0.1, 0.15) is 41.0 Å². The monoisotopic (exact) mass is 385 g/mol. The first-order chi connectivity index (χ1) is 10.6. The van der Waals surface area contributed by atoms with Crippen molar-refractivity contribution in [3.63, 3.8) is 0 Å². The van der Waals surface area contributed by atoms with Gasteiger partial charge in [-0.2, -0.15) is 0 Å². The number of halogens is 1. The summed E-state index contributed by atoms with van der Waals surface area (Å²) in [6.07, 6.45) is 1.93. The Morgan fingerprint density at radius 3 is 2.48 bits per heavy atom. The fraction of sp³-hybridized carbons (Fsp3) is 0.562. The largest absolute Gasteiger partial charge is 0.443 e. The summed E-state index contributed by atoms with van der Waals surface area (Å²) in [7, 11) is 0. The molecule has 0 spiro atoms. The molecule has 0 unspecified atom stereocenters. The molecule has 1 N–H and O–H groups in total. The van der Waals surface area contributed by atoms with E-state index >= 15 is 0 Å². The van der Waals surface area contributed by atoms with Gasteiger partial charge in [0.15, 0.2) is 0 Å². The zero-order valence-electron chi connectivity index (χ0n) is 14.2. The number of carbonyl (C=O) groups is 2. The highest BCUT2D eigenvalue weighted by atomic mass is 79.9. The smallest absolute Gasteiger partial charge is 0.414 e. The number of carbonyl (C=O) groups excluding carboxylic acids is 2. The van der Waals surface area contributed by atoms with Crippen molar-refractivity contribution < 1.29 is 14.3 Å². The molecule has 6 nitrogen and oxygen atoms in total. The minimum Gasteiger partial charge on any atom is -0.443 e. The Morgan fingerprint density at radius 2 is 2.04 bits per heavy atom. The van der Waals surface area contributed by atoms with Crippen LogP contribution in [0, 0.1) is 0 Å². The summed E-state index contributed by atoms with van der Waals surface area (Å²) < 4.78 is 5.42. The van der Waals surface area contributed by atoms with Gasteiger partial charge in [-0.25, -0.2) is 9.78 Å². The fourth-order valence-electron chi connectivity index (χ4n) is 1.71. The van der Waals surface area contributed by atoms with E-state index in [0.29, 0.717) is 18.1 Å². The summed E-state index contributed by atoms with van der Waals surface area (Å²) >= 11 is 3.19. The van der Waals surface area contributed by atoms with Gasteiger partial charge in [-0.3, -0.25) is 9.69 Å². The second-order valence-electron chi connectivity index (χ2n) is 6.14. The van der Waals surface area contributed by atoms with Crippen LogP contribution in [-0.2, 0) is 9.53 Å². The van der Waals surface area contributed by atoms with Crippen LogP contribution >= 0.6 is 15.9 Å². The van der Waals surface area contributed by atoms with Crippen LogP contribution in [-0.4, -0.2) is 34.0 Å². The molecule has 0 aliphatic carbocycles. The average molecular weight is 386 g/mol. The first-order valence-electron chi connectivity index (χ1n) is 7.55. The summed E-state index contributed by atoms with van der Waals surface area (Å²) in [5.74, 6) is 0.258. The number of amides is 2. The van der Waals surface area contributed by atoms with Crippen LogP contribution < -0.4 is 10.2 Å². The standard InChI is InChI=1S/C16H24BrN3O3/c1-6-9-20(15(22)23-16(3,4)5)12-7-8-13(18-10-12)19-14(21)11(2)17/h7-8,10-11H,6,9H2,1-5H3,(H,18,19,21)/t11-/m1/s1. The lowest BCUT2D eigenvalue weighted by molar-refractivity contribution is -0.115. The Morgan fingerprint density at radius 1 is 1.39 bits per heavy atom. The van der Waals surface area contributed by atoms with Gasteiger partial charge in [-0.15, -0.1) is 0 Å². The zero-order valence-corrected chi connectivity index (χ0v) is 15.8. The van der Waals surface area contributed by atoms with Gasteiger partial charge in [0.1, 0.15) is 11.4 Å². The van der Waals surface area contributed by atoms with E-state index in [0.717, 1.165) is 6.42 Å². The van der Waals surface area contributed by atoms with Gasteiger partial charge >= 0.3 is 6.09 Å². The fourth-order valence-corrected chi connectivity index (χ4v) is 1.83. The molecule has 0 radical (unpaired) electrons. The zero-order chi connectivity index (χ0) is 17.6. The molecule has 0 saturated heterocycles. The molecule has 0 aliphatic heterocycles. The van der Waals surface area contributed by atoms with Gasteiger partial charge in [0.2, 0.25) is 5.91 Å². The second kappa shape index (κ2) is 8.29. The highest BCUT2D eigenvalue weighted by molar-refractivity contribution is 9.10. The molecular formula is C16H24BrN3O3. The molecule has 0 aromatic carbocycles. The summed E-state index contributed by atoms with van der Waals surface area (Å²) in [5.41, 5.74) is 0.0715. The van der Waals surface area contributed by atoms with E-state index in [1.165, 1.54) is 4.90 Å². The molecule has 1 aromatic heterocycles. The van der Waals surface area contributed by atoms with E-state index < -0.39 is 11.7 Å². The van der Waals surface area contributed by atoms with Crippen molar-refractivity contribution in [1.82, 2.24) is 4.98 Å². The molecule has 1 heterocycles. The Hall–Kier alpha value is -1.63. The summed E-state index contributed by atoms with van der Waals surface area (Å²) in [5, 5.41) is 2.68. The molecule has 23 heavy (non-hydrogen) atoms. The van der Waals surface area contributed by atoms with Crippen molar-refractivity contribution in [3.05, 3.63) is 18.3 Å². The molecule has 0 bridgehead atoms. The lowest BCUT2D eigenvalue weighted by Crippen LogP contribution is -2.37. The van der Waals surface area contributed by atoms with Gasteiger partial charge in [-0.05, 0) is 46.2 Å². The maximum Gasteiger partial charge on any atom is 0.414 e. The topological polar surface area (TPSA) is 71.5 Å². The van der Waals surface area contributed by atoms with Crippen molar-refractivity contribution in [2.45, 2.75) is 51.5 Å². The van der Waals surface area contributed by atoms with Gasteiger partial charge in [-0.1, -0.05) is 22.9 Å². The summed E-state index contributed by atoms with van der Waals surface area (Å²) in [6, 6.07) is 3.40. The molecule has 0 fully saturated rings. The Labute approximate surface area is 145 Å². The number of anilines is 2. The van der Waals surface area contributed by atoms with E-state index in [-0.39, 0.29) is 10.7 Å². The SMILES string of the molecule is CCCN(C(=O)OC(C)(C)C)c1ccc(NC(=O)[C@@H](C)Br)nc1. The third-order valence-electron chi connectivity index (χ3n) is 2.73. The van der Waals surface area contributed by atoms with Gasteiger partial charge < -0.3 is 10.1 Å². The number of aromatic nitrogens is 1. The maximum atomic E-state index is 12.3. The van der Waals surface area contributed by atoms with E-state index in [1.807, 2.05) is 27.7 Å². The van der Waals surface area contributed by atoms with Crippen molar-refractivity contribution >= 4 is 39.4 Å². The Bertz CT molecular complexity index is 538. The molecule has 1 atom stereocenters. The summed E-state index contributed by atoms with van der Waals surface area (Å²) in [6.45, 7) is 9.72. The number of nitrogens with one attached hydrogen (secondary N) is 1. The molecule has 1 rings (SSSR count). The number of alkyl halides is 1. The number of ether oxygens (including phenoxy) is 1. The highest BCUT2D eigenvalue weighted by Gasteiger charge is 2.23. The molecule has 0 aliphatic rings. The van der Waals surface area contributed by atoms with Crippen LogP contribution in [0.5, 0.6) is 0 Å². The second-order valence-corrected chi connectivity index (χ2v) is 7.51. The van der Waals surface area contributed by atoms with Crippen LogP contribution in [0.15, 0.2) is 18.3 Å².